The van der Waals surface area contributed by atoms with E-state index in [1.165, 1.54) is 24.4 Å². The van der Waals surface area contributed by atoms with Crippen LogP contribution in [0.4, 0.5) is 0 Å². The monoisotopic (exact) mass is 419 g/mol. The van der Waals surface area contributed by atoms with E-state index in [9.17, 15) is 9.59 Å². The van der Waals surface area contributed by atoms with Crippen LogP contribution in [0.2, 0.25) is 0 Å². The van der Waals surface area contributed by atoms with E-state index < -0.39 is 0 Å². The summed E-state index contributed by atoms with van der Waals surface area (Å²) in [4.78, 5) is 33.6. The van der Waals surface area contributed by atoms with Gasteiger partial charge in [0.15, 0.2) is 6.54 Å². The third-order valence-electron chi connectivity index (χ3n) is 5.13. The van der Waals surface area contributed by atoms with E-state index in [0.717, 1.165) is 38.2 Å². The molecule has 158 valence electrons. The number of nitrogens with one attached hydrogen (secondary N) is 3. The largest absolute Gasteiger partial charge is 0.350 e. The van der Waals surface area contributed by atoms with E-state index in [-0.39, 0.29) is 23.9 Å². The number of hydrogen-bond donors (Lipinski definition) is 3. The zero-order valence-electron chi connectivity index (χ0n) is 17.9. The summed E-state index contributed by atoms with van der Waals surface area (Å²) in [5.41, 5.74) is 0.800. The third-order valence-corrected chi connectivity index (χ3v) is 6.16. The minimum Gasteiger partial charge on any atom is -0.350 e. The minimum atomic E-state index is -0.283. The molecule has 1 saturated heterocycles. The fourth-order valence-corrected chi connectivity index (χ4v) is 4.67. The van der Waals surface area contributed by atoms with Gasteiger partial charge in [0.1, 0.15) is 37.7 Å². The molecule has 0 bridgehead atoms. The molecular weight excluding hydrogens is 386 g/mol. The molecule has 29 heavy (non-hydrogen) atoms. The maximum atomic E-state index is 12.5. The van der Waals surface area contributed by atoms with E-state index in [2.05, 4.69) is 23.5 Å². The topological polar surface area (TPSA) is 71.2 Å². The molecule has 3 rings (SSSR count). The molecule has 2 amide bonds. The number of amides is 2. The molecule has 0 atom stereocenters. The quantitative estimate of drug-likeness (QED) is 0.560. The first-order chi connectivity index (χ1) is 13.7. The SMILES string of the molecule is CN(CC(=O)NC(C)(C)C)C(=O)C[NH+]1CC[NH+](Cc2nc3ccccc3s2)CC1. The van der Waals surface area contributed by atoms with Gasteiger partial charge in [-0.2, -0.15) is 0 Å². The van der Waals surface area contributed by atoms with E-state index in [4.69, 9.17) is 4.98 Å². The van der Waals surface area contributed by atoms with Gasteiger partial charge < -0.3 is 20.0 Å². The van der Waals surface area contributed by atoms with Crippen LogP contribution in [0.25, 0.3) is 10.2 Å². The lowest BCUT2D eigenvalue weighted by Gasteiger charge is -2.30. The van der Waals surface area contributed by atoms with Crippen molar-refractivity contribution in [2.75, 3.05) is 46.3 Å². The maximum Gasteiger partial charge on any atom is 0.277 e. The van der Waals surface area contributed by atoms with Crippen LogP contribution < -0.4 is 15.1 Å². The maximum absolute atomic E-state index is 12.5. The van der Waals surface area contributed by atoms with Crippen LogP contribution in [0.1, 0.15) is 25.8 Å². The van der Waals surface area contributed by atoms with Crippen molar-refractivity contribution in [3.05, 3.63) is 29.3 Å². The summed E-state index contributed by atoms with van der Waals surface area (Å²) < 4.78 is 1.25. The molecule has 0 radical (unpaired) electrons. The van der Waals surface area contributed by atoms with Crippen LogP contribution in [0.5, 0.6) is 0 Å². The molecule has 1 aromatic heterocycles. The second kappa shape index (κ2) is 9.19. The van der Waals surface area contributed by atoms with Gasteiger partial charge in [-0.1, -0.05) is 12.1 Å². The van der Waals surface area contributed by atoms with Crippen molar-refractivity contribution in [2.24, 2.45) is 0 Å². The first kappa shape index (κ1) is 21.7. The Morgan fingerprint density at radius 3 is 2.45 bits per heavy atom. The zero-order chi connectivity index (χ0) is 21.0. The van der Waals surface area contributed by atoms with Gasteiger partial charge in [0, 0.05) is 12.6 Å². The number of likely N-dealkylation sites (N-methyl/N-ethyl adjacent to an activating group) is 1. The van der Waals surface area contributed by atoms with Crippen LogP contribution in [-0.4, -0.2) is 73.6 Å². The number of para-hydroxylation sites is 1. The number of rotatable bonds is 6. The van der Waals surface area contributed by atoms with Crippen molar-refractivity contribution in [2.45, 2.75) is 32.9 Å². The third kappa shape index (κ3) is 6.48. The highest BCUT2D eigenvalue weighted by molar-refractivity contribution is 7.18. The van der Waals surface area contributed by atoms with Gasteiger partial charge in [0.25, 0.3) is 5.91 Å². The normalized spacial score (nSPS) is 19.9. The van der Waals surface area contributed by atoms with Gasteiger partial charge >= 0.3 is 0 Å². The summed E-state index contributed by atoms with van der Waals surface area (Å²) in [5.74, 6) is -0.0906. The van der Waals surface area contributed by atoms with Gasteiger partial charge in [-0.25, -0.2) is 4.98 Å². The number of carbonyl (C=O) groups is 2. The van der Waals surface area contributed by atoms with Crippen LogP contribution in [0, 0.1) is 0 Å². The number of quaternary nitrogens is 2. The molecule has 1 aliphatic rings. The highest BCUT2D eigenvalue weighted by Gasteiger charge is 2.27. The minimum absolute atomic E-state index is 0.0266. The number of hydrogen-bond acceptors (Lipinski definition) is 4. The highest BCUT2D eigenvalue weighted by Crippen LogP contribution is 2.20. The Hall–Kier alpha value is -2.03. The van der Waals surface area contributed by atoms with Crippen LogP contribution in [0.3, 0.4) is 0 Å². The van der Waals surface area contributed by atoms with Crippen molar-refractivity contribution in [1.82, 2.24) is 15.2 Å². The Bertz CT molecular complexity index is 819. The smallest absolute Gasteiger partial charge is 0.277 e. The highest BCUT2D eigenvalue weighted by atomic mass is 32.1. The molecule has 1 fully saturated rings. The summed E-state index contributed by atoms with van der Waals surface area (Å²) in [6.07, 6.45) is 0. The molecule has 2 aromatic rings. The number of aromatic nitrogens is 1. The van der Waals surface area contributed by atoms with Crippen molar-refractivity contribution in [1.29, 1.82) is 0 Å². The number of thiazole rings is 1. The van der Waals surface area contributed by atoms with Gasteiger partial charge in [0.05, 0.1) is 16.8 Å². The molecule has 0 aliphatic carbocycles. The van der Waals surface area contributed by atoms with E-state index in [1.807, 2.05) is 26.8 Å². The molecule has 0 unspecified atom stereocenters. The molecule has 2 heterocycles. The van der Waals surface area contributed by atoms with Gasteiger partial charge in [0.2, 0.25) is 5.91 Å². The van der Waals surface area contributed by atoms with Gasteiger partial charge in [-0.15, -0.1) is 11.3 Å². The first-order valence-electron chi connectivity index (χ1n) is 10.3. The van der Waals surface area contributed by atoms with Crippen molar-refractivity contribution < 1.29 is 19.4 Å². The van der Waals surface area contributed by atoms with Crippen molar-refractivity contribution in [3.8, 4) is 0 Å². The Labute approximate surface area is 176 Å². The summed E-state index contributed by atoms with van der Waals surface area (Å²) in [6.45, 7) is 11.3. The number of carbonyl (C=O) groups excluding carboxylic acids is 2. The van der Waals surface area contributed by atoms with Crippen LogP contribution in [0.15, 0.2) is 24.3 Å². The Balaban J connectivity index is 1.42. The lowest BCUT2D eigenvalue weighted by molar-refractivity contribution is -1.02. The second-order valence-corrected chi connectivity index (χ2v) is 10.1. The fraction of sp³-hybridized carbons (Fsp3) is 0.571. The number of fused-ring (bicyclic) bond motifs is 1. The van der Waals surface area contributed by atoms with E-state index in [0.29, 0.717) is 6.54 Å². The Morgan fingerprint density at radius 2 is 1.79 bits per heavy atom. The molecule has 8 heteroatoms. The predicted octanol–water partition coefficient (Wildman–Crippen LogP) is -1.05. The lowest BCUT2D eigenvalue weighted by atomic mass is 10.1. The van der Waals surface area contributed by atoms with Crippen molar-refractivity contribution in [3.63, 3.8) is 0 Å². The molecule has 0 spiro atoms. The average molecular weight is 420 g/mol. The first-order valence-corrected chi connectivity index (χ1v) is 11.1. The predicted molar refractivity (Wildman–Crippen MR) is 115 cm³/mol. The van der Waals surface area contributed by atoms with Gasteiger partial charge in [-0.05, 0) is 32.9 Å². The summed E-state index contributed by atoms with van der Waals surface area (Å²) >= 11 is 1.78. The summed E-state index contributed by atoms with van der Waals surface area (Å²) in [5, 5.41) is 4.08. The summed E-state index contributed by atoms with van der Waals surface area (Å²) in [6, 6.07) is 8.27. The standard InChI is InChI=1S/C21H31N5O2S/c1-21(2,3)23-18(27)13-24(4)20(28)15-26-11-9-25(10-12-26)14-19-22-16-7-5-6-8-17(16)29-19/h5-8H,9-15H2,1-4H3,(H,23,27)/p+2. The van der Waals surface area contributed by atoms with Crippen LogP contribution in [-0.2, 0) is 16.1 Å². The molecular formula is C21H33N5O2S+2. The zero-order valence-corrected chi connectivity index (χ0v) is 18.7. The van der Waals surface area contributed by atoms with E-state index >= 15 is 0 Å². The number of benzene rings is 1. The Kier molecular flexibility index (Phi) is 6.87. The molecule has 1 aromatic carbocycles. The van der Waals surface area contributed by atoms with Crippen molar-refractivity contribution >= 4 is 33.4 Å². The Morgan fingerprint density at radius 1 is 1.14 bits per heavy atom. The number of piperazine rings is 1. The second-order valence-electron chi connectivity index (χ2n) is 8.98. The average Bonchev–Trinajstić information content (AvgIpc) is 3.03. The fourth-order valence-electron chi connectivity index (χ4n) is 3.63. The van der Waals surface area contributed by atoms with Gasteiger partial charge in [-0.3, -0.25) is 9.59 Å². The van der Waals surface area contributed by atoms with Crippen LogP contribution >= 0.6 is 11.3 Å². The molecule has 7 nitrogen and oxygen atoms in total. The molecule has 3 N–H and O–H groups in total. The lowest BCUT2D eigenvalue weighted by Crippen LogP contribution is -3.28. The molecule has 1 aliphatic heterocycles. The number of nitrogens with zero attached hydrogens (tertiary/aromatic N) is 2. The molecule has 0 saturated carbocycles. The van der Waals surface area contributed by atoms with E-state index in [1.54, 1.807) is 18.4 Å². The summed E-state index contributed by atoms with van der Waals surface area (Å²) in [7, 11) is 1.71.